The first kappa shape index (κ1) is 16.2. The van der Waals surface area contributed by atoms with Crippen LogP contribution in [0.3, 0.4) is 0 Å². The fraction of sp³-hybridized carbons (Fsp3) is 0.474. The van der Waals surface area contributed by atoms with Crippen LogP contribution < -0.4 is 10.1 Å². The molecule has 3 aliphatic rings. The summed E-state index contributed by atoms with van der Waals surface area (Å²) in [5.41, 5.74) is 0.881. The highest BCUT2D eigenvalue weighted by atomic mass is 32.1. The van der Waals surface area contributed by atoms with Crippen LogP contribution >= 0.6 is 11.3 Å². The second-order valence-electron chi connectivity index (χ2n) is 7.43. The largest absolute Gasteiger partial charge is 0.493 e. The van der Waals surface area contributed by atoms with Gasteiger partial charge in [-0.1, -0.05) is 0 Å². The number of ether oxygens (including phenoxy) is 1. The van der Waals surface area contributed by atoms with Crippen LogP contribution in [0.2, 0.25) is 0 Å². The van der Waals surface area contributed by atoms with Crippen LogP contribution in [-0.2, 0) is 4.79 Å². The molecule has 1 saturated heterocycles. The van der Waals surface area contributed by atoms with E-state index >= 15 is 0 Å². The average Bonchev–Trinajstić information content (AvgIpc) is 3.15. The Morgan fingerprint density at radius 1 is 1.42 bits per heavy atom. The zero-order chi connectivity index (χ0) is 17.7. The molecular weight excluding hydrogens is 353 g/mol. The van der Waals surface area contributed by atoms with Gasteiger partial charge in [0.25, 0.3) is 0 Å². The lowest BCUT2D eigenvalue weighted by atomic mass is 9.85. The number of anilines is 1. The highest BCUT2D eigenvalue weighted by Crippen LogP contribution is 2.49. The predicted molar refractivity (Wildman–Crippen MR) is 96.7 cm³/mol. The number of benzene rings is 1. The highest BCUT2D eigenvalue weighted by molar-refractivity contribution is 7.13. The van der Waals surface area contributed by atoms with Gasteiger partial charge in [-0.2, -0.15) is 0 Å². The molecule has 26 heavy (non-hydrogen) atoms. The number of amides is 1. The lowest BCUT2D eigenvalue weighted by molar-refractivity contribution is -0.121. The summed E-state index contributed by atoms with van der Waals surface area (Å²) in [4.78, 5) is 19.4. The van der Waals surface area contributed by atoms with Crippen LogP contribution in [0.15, 0.2) is 29.8 Å². The Morgan fingerprint density at radius 2 is 2.31 bits per heavy atom. The number of fused-ring (bicyclic) bond motifs is 3. The Morgan fingerprint density at radius 3 is 3.08 bits per heavy atom. The van der Waals surface area contributed by atoms with Crippen molar-refractivity contribution in [3.05, 3.63) is 41.2 Å². The van der Waals surface area contributed by atoms with E-state index in [-0.39, 0.29) is 29.6 Å². The number of likely N-dealkylation sites (tertiary alicyclic amines) is 1. The number of rotatable bonds is 4. The molecule has 7 heteroatoms. The van der Waals surface area contributed by atoms with E-state index in [1.807, 2.05) is 5.38 Å². The van der Waals surface area contributed by atoms with Crippen molar-refractivity contribution in [3.63, 3.8) is 0 Å². The van der Waals surface area contributed by atoms with Crippen molar-refractivity contribution in [2.24, 2.45) is 17.8 Å². The van der Waals surface area contributed by atoms with Crippen molar-refractivity contribution in [2.45, 2.75) is 18.9 Å². The van der Waals surface area contributed by atoms with E-state index in [1.165, 1.54) is 30.2 Å². The van der Waals surface area contributed by atoms with Gasteiger partial charge in [-0.3, -0.25) is 9.69 Å². The minimum atomic E-state index is -0.255. The summed E-state index contributed by atoms with van der Waals surface area (Å²) in [7, 11) is 0. The maximum atomic E-state index is 13.9. The molecule has 1 aromatic heterocycles. The molecule has 0 radical (unpaired) electrons. The van der Waals surface area contributed by atoms with Crippen LogP contribution in [-0.4, -0.2) is 35.5 Å². The number of thiazole rings is 1. The molecule has 1 N–H and O–H groups in total. The summed E-state index contributed by atoms with van der Waals surface area (Å²) in [6.45, 7) is 2.14. The summed E-state index contributed by atoms with van der Waals surface area (Å²) in [6, 6.07) is 4.76. The van der Waals surface area contributed by atoms with E-state index < -0.39 is 0 Å². The normalized spacial score (nSPS) is 27.5. The molecule has 136 valence electrons. The molecule has 2 fully saturated rings. The first-order chi connectivity index (χ1) is 12.7. The predicted octanol–water partition coefficient (Wildman–Crippen LogP) is 3.31. The molecule has 2 aromatic rings. The Balaban J connectivity index is 1.45. The quantitative estimate of drug-likeness (QED) is 0.893. The van der Waals surface area contributed by atoms with E-state index in [2.05, 4.69) is 15.2 Å². The Kier molecular flexibility index (Phi) is 3.94. The van der Waals surface area contributed by atoms with E-state index in [9.17, 15) is 9.18 Å². The molecule has 0 spiro atoms. The summed E-state index contributed by atoms with van der Waals surface area (Å²) in [5, 5.41) is 5.40. The van der Waals surface area contributed by atoms with Gasteiger partial charge in [-0.25, -0.2) is 9.37 Å². The van der Waals surface area contributed by atoms with Gasteiger partial charge in [0, 0.05) is 42.2 Å². The van der Waals surface area contributed by atoms with Crippen molar-refractivity contribution in [1.82, 2.24) is 9.88 Å². The maximum Gasteiger partial charge on any atom is 0.231 e. The second kappa shape index (κ2) is 6.32. The number of carbonyl (C=O) groups excluding carboxylic acids is 1. The number of nitrogens with zero attached hydrogens (tertiary/aromatic N) is 2. The standard InChI is InChI=1S/C19H20FN3O2S/c20-12-3-4-16-13(7-12)17-15(10-25-16)14(9-23(17)8-11-1-2-11)18(24)22-19-21-5-6-26-19/h3-7,11,14-15,17H,1-2,8-10H2,(H,21,22,24)/t14-,15+,17+/m1/s1. The molecule has 5 rings (SSSR count). The van der Waals surface area contributed by atoms with Gasteiger partial charge in [-0.15, -0.1) is 11.3 Å². The molecule has 3 atom stereocenters. The van der Waals surface area contributed by atoms with Gasteiger partial charge in [0.15, 0.2) is 5.13 Å². The smallest absolute Gasteiger partial charge is 0.231 e. The van der Waals surface area contributed by atoms with Gasteiger partial charge >= 0.3 is 0 Å². The van der Waals surface area contributed by atoms with Gasteiger partial charge in [-0.05, 0) is 37.0 Å². The number of carbonyl (C=O) groups is 1. The molecule has 2 aliphatic heterocycles. The maximum absolute atomic E-state index is 13.9. The molecule has 1 saturated carbocycles. The van der Waals surface area contributed by atoms with Crippen molar-refractivity contribution in [1.29, 1.82) is 0 Å². The highest BCUT2D eigenvalue weighted by Gasteiger charge is 2.50. The second-order valence-corrected chi connectivity index (χ2v) is 8.33. The Labute approximate surface area is 155 Å². The molecule has 3 heterocycles. The zero-order valence-corrected chi connectivity index (χ0v) is 15.0. The Hall–Kier alpha value is -1.99. The number of aromatic nitrogens is 1. The van der Waals surface area contributed by atoms with Crippen molar-refractivity contribution < 1.29 is 13.9 Å². The molecule has 1 amide bonds. The number of halogens is 1. The average molecular weight is 373 g/mol. The van der Waals surface area contributed by atoms with Crippen LogP contribution in [0.4, 0.5) is 9.52 Å². The van der Waals surface area contributed by atoms with E-state index in [0.717, 1.165) is 17.9 Å². The van der Waals surface area contributed by atoms with E-state index in [1.54, 1.807) is 18.3 Å². The van der Waals surface area contributed by atoms with E-state index in [0.29, 0.717) is 24.2 Å². The van der Waals surface area contributed by atoms with Gasteiger partial charge in [0.2, 0.25) is 5.91 Å². The molecule has 0 unspecified atom stereocenters. The van der Waals surface area contributed by atoms with Gasteiger partial charge in [0.1, 0.15) is 11.6 Å². The van der Waals surface area contributed by atoms with Crippen molar-refractivity contribution >= 4 is 22.4 Å². The van der Waals surface area contributed by atoms with Crippen molar-refractivity contribution in [2.75, 3.05) is 25.0 Å². The van der Waals surface area contributed by atoms with Crippen molar-refractivity contribution in [3.8, 4) is 5.75 Å². The SMILES string of the molecule is O=C(Nc1nccs1)[C@@H]1CN(CC2CC2)[C@H]2c3cc(F)ccc3OC[C@@H]12. The zero-order valence-electron chi connectivity index (χ0n) is 14.2. The topological polar surface area (TPSA) is 54.5 Å². The van der Waals surface area contributed by atoms with Gasteiger partial charge in [0.05, 0.1) is 12.5 Å². The fourth-order valence-electron chi connectivity index (χ4n) is 4.28. The molecule has 5 nitrogen and oxygen atoms in total. The van der Waals surface area contributed by atoms with Gasteiger partial charge < -0.3 is 10.1 Å². The third kappa shape index (κ3) is 2.89. The molecule has 0 bridgehead atoms. The van der Waals surface area contributed by atoms with Crippen LogP contribution in [0, 0.1) is 23.6 Å². The summed E-state index contributed by atoms with van der Waals surface area (Å²) in [6.07, 6.45) is 4.17. The van der Waals surface area contributed by atoms with E-state index in [4.69, 9.17) is 4.74 Å². The fourth-order valence-corrected chi connectivity index (χ4v) is 4.81. The van der Waals surface area contributed by atoms with Crippen LogP contribution in [0.25, 0.3) is 0 Å². The number of nitrogens with one attached hydrogen (secondary N) is 1. The van der Waals surface area contributed by atoms with Crippen LogP contribution in [0.1, 0.15) is 24.4 Å². The summed E-state index contributed by atoms with van der Waals surface area (Å²) in [5.74, 6) is 1.03. The number of hydrogen-bond acceptors (Lipinski definition) is 5. The Bertz CT molecular complexity index is 824. The third-order valence-electron chi connectivity index (χ3n) is 5.66. The minimum absolute atomic E-state index is 0.0169. The first-order valence-electron chi connectivity index (χ1n) is 9.05. The lowest BCUT2D eigenvalue weighted by Crippen LogP contribution is -2.35. The molecule has 1 aliphatic carbocycles. The summed E-state index contributed by atoms with van der Waals surface area (Å²) >= 11 is 1.41. The third-order valence-corrected chi connectivity index (χ3v) is 6.35. The monoisotopic (exact) mass is 373 g/mol. The van der Waals surface area contributed by atoms with Crippen LogP contribution in [0.5, 0.6) is 5.75 Å². The lowest BCUT2D eigenvalue weighted by Gasteiger charge is -2.34. The summed E-state index contributed by atoms with van der Waals surface area (Å²) < 4.78 is 19.8. The number of hydrogen-bond donors (Lipinski definition) is 1. The molecule has 1 aromatic carbocycles. The first-order valence-corrected chi connectivity index (χ1v) is 9.93. The minimum Gasteiger partial charge on any atom is -0.493 e. The molecular formula is C19H20FN3O2S.